The van der Waals surface area contributed by atoms with Crippen LogP contribution in [-0.2, 0) is 9.59 Å². The Bertz CT molecular complexity index is 1220. The van der Waals surface area contributed by atoms with Crippen molar-refractivity contribution in [1.29, 1.82) is 0 Å². The normalized spacial score (nSPS) is 19.8. The lowest BCUT2D eigenvalue weighted by Gasteiger charge is -2.37. The molecular formula is C26H29N5O2. The summed E-state index contributed by atoms with van der Waals surface area (Å²) in [6.45, 7) is 9.16. The zero-order valence-corrected chi connectivity index (χ0v) is 19.4. The van der Waals surface area contributed by atoms with Crippen LogP contribution in [0.25, 0.3) is 10.8 Å². The van der Waals surface area contributed by atoms with Crippen LogP contribution in [0.3, 0.4) is 0 Å². The number of fused-ring (bicyclic) bond motifs is 1. The SMILES string of the molecule is Cc1cc(N2CCN([C@@H]3CC(=O)N(c4ccc5ccccc5c4)C3=O)CC2)nc(C(C)C)n1. The third-order valence-electron chi connectivity index (χ3n) is 6.57. The topological polar surface area (TPSA) is 69.6 Å². The zero-order chi connectivity index (χ0) is 23.1. The van der Waals surface area contributed by atoms with E-state index in [9.17, 15) is 9.59 Å². The molecule has 0 radical (unpaired) electrons. The van der Waals surface area contributed by atoms with Crippen LogP contribution in [0, 0.1) is 6.92 Å². The highest BCUT2D eigenvalue weighted by atomic mass is 16.2. The molecule has 33 heavy (non-hydrogen) atoms. The van der Waals surface area contributed by atoms with Crippen LogP contribution < -0.4 is 9.80 Å². The molecule has 2 fully saturated rings. The predicted octanol–water partition coefficient (Wildman–Crippen LogP) is 3.52. The van der Waals surface area contributed by atoms with Crippen LogP contribution in [0.2, 0.25) is 0 Å². The van der Waals surface area contributed by atoms with Crippen molar-refractivity contribution in [3.8, 4) is 0 Å². The molecule has 3 heterocycles. The van der Waals surface area contributed by atoms with Gasteiger partial charge in [-0.25, -0.2) is 14.9 Å². The van der Waals surface area contributed by atoms with Gasteiger partial charge in [0, 0.05) is 43.9 Å². The summed E-state index contributed by atoms with van der Waals surface area (Å²) in [6.07, 6.45) is 0.232. The largest absolute Gasteiger partial charge is 0.354 e. The van der Waals surface area contributed by atoms with Crippen molar-refractivity contribution >= 4 is 34.1 Å². The average Bonchev–Trinajstić information content (AvgIpc) is 3.12. The number of hydrogen-bond acceptors (Lipinski definition) is 6. The van der Waals surface area contributed by atoms with Gasteiger partial charge in [0.25, 0.3) is 5.91 Å². The van der Waals surface area contributed by atoms with Gasteiger partial charge in [-0.1, -0.05) is 44.2 Å². The van der Waals surface area contributed by atoms with Crippen LogP contribution >= 0.6 is 0 Å². The van der Waals surface area contributed by atoms with Gasteiger partial charge in [-0.05, 0) is 29.8 Å². The van der Waals surface area contributed by atoms with Crippen molar-refractivity contribution < 1.29 is 9.59 Å². The first-order valence-corrected chi connectivity index (χ1v) is 11.6. The second kappa shape index (κ2) is 8.56. The first-order chi connectivity index (χ1) is 15.9. The molecule has 7 heteroatoms. The molecule has 3 aromatic rings. The number of amides is 2. The molecule has 2 aliphatic rings. The minimum atomic E-state index is -0.399. The summed E-state index contributed by atoms with van der Waals surface area (Å²) in [7, 11) is 0. The number of imide groups is 1. The van der Waals surface area contributed by atoms with Gasteiger partial charge in [0.05, 0.1) is 18.2 Å². The lowest BCUT2D eigenvalue weighted by Crippen LogP contribution is -2.52. The molecule has 1 atom stereocenters. The van der Waals surface area contributed by atoms with Crippen LogP contribution in [0.15, 0.2) is 48.5 Å². The van der Waals surface area contributed by atoms with Crippen LogP contribution in [0.4, 0.5) is 11.5 Å². The van der Waals surface area contributed by atoms with Crippen molar-refractivity contribution in [3.05, 3.63) is 60.0 Å². The molecule has 5 rings (SSSR count). The van der Waals surface area contributed by atoms with E-state index in [0.717, 1.165) is 54.3 Å². The third-order valence-corrected chi connectivity index (χ3v) is 6.57. The molecule has 2 aromatic carbocycles. The minimum absolute atomic E-state index is 0.122. The van der Waals surface area contributed by atoms with Gasteiger partial charge in [0.1, 0.15) is 11.6 Å². The van der Waals surface area contributed by atoms with E-state index in [1.807, 2.05) is 55.5 Å². The molecule has 0 unspecified atom stereocenters. The summed E-state index contributed by atoms with van der Waals surface area (Å²) in [6, 6.07) is 15.3. The van der Waals surface area contributed by atoms with Crippen LogP contribution in [0.1, 0.15) is 37.7 Å². The van der Waals surface area contributed by atoms with Crippen LogP contribution in [0.5, 0.6) is 0 Å². The van der Waals surface area contributed by atoms with Crippen molar-refractivity contribution in [2.45, 2.75) is 39.2 Å². The Kier molecular flexibility index (Phi) is 5.58. The lowest BCUT2D eigenvalue weighted by molar-refractivity contribution is -0.123. The van der Waals surface area contributed by atoms with Gasteiger partial charge in [-0.3, -0.25) is 14.5 Å². The van der Waals surface area contributed by atoms with Gasteiger partial charge in [0.2, 0.25) is 5.91 Å². The third kappa shape index (κ3) is 4.09. The Morgan fingerprint density at radius 3 is 2.36 bits per heavy atom. The molecule has 7 nitrogen and oxygen atoms in total. The monoisotopic (exact) mass is 443 g/mol. The number of anilines is 2. The van der Waals surface area contributed by atoms with E-state index >= 15 is 0 Å². The number of hydrogen-bond donors (Lipinski definition) is 0. The van der Waals surface area contributed by atoms with E-state index in [-0.39, 0.29) is 24.2 Å². The summed E-state index contributed by atoms with van der Waals surface area (Å²) in [5.74, 6) is 1.82. The quantitative estimate of drug-likeness (QED) is 0.575. The van der Waals surface area contributed by atoms with Gasteiger partial charge in [-0.2, -0.15) is 0 Å². The minimum Gasteiger partial charge on any atom is -0.354 e. The fourth-order valence-corrected chi connectivity index (χ4v) is 4.75. The maximum atomic E-state index is 13.3. The smallest absolute Gasteiger partial charge is 0.251 e. The highest BCUT2D eigenvalue weighted by molar-refractivity contribution is 6.22. The van der Waals surface area contributed by atoms with Crippen molar-refractivity contribution in [2.24, 2.45) is 0 Å². The second-order valence-electron chi connectivity index (χ2n) is 9.22. The van der Waals surface area contributed by atoms with E-state index < -0.39 is 6.04 Å². The Labute approximate surface area is 194 Å². The van der Waals surface area contributed by atoms with E-state index in [1.165, 1.54) is 4.90 Å². The maximum Gasteiger partial charge on any atom is 0.251 e. The zero-order valence-electron chi connectivity index (χ0n) is 19.4. The summed E-state index contributed by atoms with van der Waals surface area (Å²) in [5, 5.41) is 2.11. The van der Waals surface area contributed by atoms with E-state index in [2.05, 4.69) is 28.6 Å². The Hall–Kier alpha value is -3.32. The number of carbonyl (C=O) groups is 2. The number of aryl methyl sites for hydroxylation is 1. The van der Waals surface area contributed by atoms with Gasteiger partial charge < -0.3 is 4.90 Å². The Morgan fingerprint density at radius 2 is 1.64 bits per heavy atom. The molecule has 2 amide bonds. The van der Waals surface area contributed by atoms with Crippen molar-refractivity contribution in [2.75, 3.05) is 36.0 Å². The first-order valence-electron chi connectivity index (χ1n) is 11.6. The summed E-state index contributed by atoms with van der Waals surface area (Å²) in [4.78, 5) is 41.2. The molecule has 1 aromatic heterocycles. The highest BCUT2D eigenvalue weighted by Crippen LogP contribution is 2.29. The fraction of sp³-hybridized carbons (Fsp3) is 0.385. The Balaban J connectivity index is 1.29. The maximum absolute atomic E-state index is 13.3. The summed E-state index contributed by atoms with van der Waals surface area (Å²) in [5.41, 5.74) is 1.62. The molecule has 2 saturated heterocycles. The number of carbonyl (C=O) groups excluding carboxylic acids is 2. The van der Waals surface area contributed by atoms with E-state index in [1.54, 1.807) is 0 Å². The number of aromatic nitrogens is 2. The Morgan fingerprint density at radius 1 is 0.909 bits per heavy atom. The van der Waals surface area contributed by atoms with E-state index in [4.69, 9.17) is 4.98 Å². The lowest BCUT2D eigenvalue weighted by atomic mass is 10.1. The fourth-order valence-electron chi connectivity index (χ4n) is 4.75. The molecule has 2 aliphatic heterocycles. The van der Waals surface area contributed by atoms with Gasteiger partial charge >= 0.3 is 0 Å². The molecule has 0 bridgehead atoms. The molecule has 0 aliphatic carbocycles. The molecule has 0 N–H and O–H groups in total. The second-order valence-corrected chi connectivity index (χ2v) is 9.22. The summed E-state index contributed by atoms with van der Waals surface area (Å²) >= 11 is 0. The van der Waals surface area contributed by atoms with Gasteiger partial charge in [0.15, 0.2) is 0 Å². The number of rotatable bonds is 4. The van der Waals surface area contributed by atoms with Gasteiger partial charge in [-0.15, -0.1) is 0 Å². The molecule has 0 saturated carbocycles. The van der Waals surface area contributed by atoms with Crippen molar-refractivity contribution in [3.63, 3.8) is 0 Å². The molecule has 170 valence electrons. The van der Waals surface area contributed by atoms with E-state index in [0.29, 0.717) is 5.69 Å². The van der Waals surface area contributed by atoms with Crippen molar-refractivity contribution in [1.82, 2.24) is 14.9 Å². The summed E-state index contributed by atoms with van der Waals surface area (Å²) < 4.78 is 0. The standard InChI is InChI=1S/C26H29N5O2/c1-17(2)25-27-18(3)14-23(28-25)30-12-10-29(11-13-30)22-16-24(32)31(26(22)33)21-9-8-19-6-4-5-7-20(19)15-21/h4-9,14-15,17,22H,10-13,16H2,1-3H3/t22-/m1/s1. The number of piperazine rings is 1. The predicted molar refractivity (Wildman–Crippen MR) is 129 cm³/mol. The first kappa shape index (κ1) is 21.5. The van der Waals surface area contributed by atoms with Crippen LogP contribution in [-0.4, -0.2) is 58.9 Å². The average molecular weight is 444 g/mol. The molecular weight excluding hydrogens is 414 g/mol. The highest BCUT2D eigenvalue weighted by Gasteiger charge is 2.43. The number of benzene rings is 2. The molecule has 0 spiro atoms. The number of nitrogens with zero attached hydrogens (tertiary/aromatic N) is 5.